The van der Waals surface area contributed by atoms with Crippen molar-refractivity contribution in [3.63, 3.8) is 0 Å². The molecule has 0 fully saturated rings. The topological polar surface area (TPSA) is 73.7 Å². The van der Waals surface area contributed by atoms with Gasteiger partial charge in [0.25, 0.3) is 0 Å². The van der Waals surface area contributed by atoms with Crippen molar-refractivity contribution in [2.75, 3.05) is 0 Å². The van der Waals surface area contributed by atoms with E-state index in [1.165, 1.54) is 16.8 Å². The minimum atomic E-state index is 0.248. The quantitative estimate of drug-likeness (QED) is 0.604. The molecule has 0 bridgehead atoms. The zero-order chi connectivity index (χ0) is 14.7. The first-order valence-corrected chi connectivity index (χ1v) is 6.94. The highest BCUT2D eigenvalue weighted by atomic mass is 15.3. The van der Waals surface area contributed by atoms with E-state index in [0.717, 1.165) is 25.0 Å². The lowest BCUT2D eigenvalue weighted by molar-refractivity contribution is 0.490. The first-order valence-electron chi connectivity index (χ1n) is 6.94. The Morgan fingerprint density at radius 3 is 2.60 bits per heavy atom. The fourth-order valence-corrected chi connectivity index (χ4v) is 2.60. The number of hydrogen-bond donors (Lipinski definition) is 2. The predicted octanol–water partition coefficient (Wildman–Crippen LogP) is 0.778. The molecular formula is C14H24N6. The van der Waals surface area contributed by atoms with Gasteiger partial charge in [-0.1, -0.05) is 0 Å². The van der Waals surface area contributed by atoms with E-state index in [9.17, 15) is 0 Å². The molecule has 0 saturated carbocycles. The summed E-state index contributed by atoms with van der Waals surface area (Å²) in [6.07, 6.45) is 6.79. The van der Waals surface area contributed by atoms with Crippen LogP contribution in [0.5, 0.6) is 0 Å². The van der Waals surface area contributed by atoms with E-state index in [1.54, 1.807) is 0 Å². The zero-order valence-electron chi connectivity index (χ0n) is 12.7. The number of aryl methyl sites for hydroxylation is 3. The summed E-state index contributed by atoms with van der Waals surface area (Å²) in [6, 6.07) is 0.248. The molecule has 2 aromatic rings. The lowest BCUT2D eigenvalue weighted by Crippen LogP contribution is -2.37. The van der Waals surface area contributed by atoms with Crippen molar-refractivity contribution in [3.8, 4) is 0 Å². The maximum atomic E-state index is 5.67. The average molecular weight is 276 g/mol. The minimum Gasteiger partial charge on any atom is -0.276 e. The molecule has 1 unspecified atom stereocenters. The third-order valence-electron chi connectivity index (χ3n) is 3.88. The van der Waals surface area contributed by atoms with Crippen LogP contribution in [0.15, 0.2) is 12.4 Å². The van der Waals surface area contributed by atoms with Gasteiger partial charge in [0.15, 0.2) is 0 Å². The second-order valence-corrected chi connectivity index (χ2v) is 5.40. The largest absolute Gasteiger partial charge is 0.276 e. The van der Waals surface area contributed by atoms with Crippen LogP contribution in [0, 0.1) is 13.8 Å². The SMILES string of the molecule is Cc1nn(C)c(C)c1CCC(Cc1cnn(C)c1)NN. The molecule has 110 valence electrons. The lowest BCUT2D eigenvalue weighted by Gasteiger charge is -2.15. The van der Waals surface area contributed by atoms with Crippen LogP contribution in [-0.2, 0) is 26.9 Å². The molecule has 3 N–H and O–H groups in total. The minimum absolute atomic E-state index is 0.248. The zero-order valence-corrected chi connectivity index (χ0v) is 12.7. The molecule has 0 aliphatic heterocycles. The van der Waals surface area contributed by atoms with Gasteiger partial charge in [0.05, 0.1) is 11.9 Å². The van der Waals surface area contributed by atoms with Crippen molar-refractivity contribution in [2.45, 2.75) is 39.2 Å². The van der Waals surface area contributed by atoms with Crippen molar-refractivity contribution >= 4 is 0 Å². The summed E-state index contributed by atoms with van der Waals surface area (Å²) in [5.41, 5.74) is 7.80. The van der Waals surface area contributed by atoms with Gasteiger partial charge in [-0.3, -0.25) is 20.6 Å². The van der Waals surface area contributed by atoms with E-state index in [1.807, 2.05) is 35.9 Å². The number of nitrogens with zero attached hydrogens (tertiary/aromatic N) is 4. The standard InChI is InChI=1S/C14H24N6/c1-10-14(11(2)20(4)18-10)6-5-13(17-15)7-12-8-16-19(3)9-12/h8-9,13,17H,5-7,15H2,1-4H3. The molecular weight excluding hydrogens is 252 g/mol. The van der Waals surface area contributed by atoms with Gasteiger partial charge in [-0.25, -0.2) is 0 Å². The summed E-state index contributed by atoms with van der Waals surface area (Å²) in [5, 5.41) is 8.64. The summed E-state index contributed by atoms with van der Waals surface area (Å²) in [6.45, 7) is 4.18. The van der Waals surface area contributed by atoms with Gasteiger partial charge in [-0.2, -0.15) is 10.2 Å². The fourth-order valence-electron chi connectivity index (χ4n) is 2.60. The molecule has 0 saturated heterocycles. The van der Waals surface area contributed by atoms with Crippen molar-refractivity contribution in [1.29, 1.82) is 0 Å². The molecule has 1 atom stereocenters. The Bertz CT molecular complexity index is 568. The van der Waals surface area contributed by atoms with Crippen LogP contribution in [0.1, 0.15) is 28.9 Å². The lowest BCUT2D eigenvalue weighted by atomic mass is 10.00. The highest BCUT2D eigenvalue weighted by molar-refractivity contribution is 5.24. The second kappa shape index (κ2) is 6.19. The summed E-state index contributed by atoms with van der Waals surface area (Å²) in [4.78, 5) is 0. The summed E-state index contributed by atoms with van der Waals surface area (Å²) in [5.74, 6) is 5.67. The number of hydrazine groups is 1. The van der Waals surface area contributed by atoms with E-state index in [0.29, 0.717) is 0 Å². The third-order valence-corrected chi connectivity index (χ3v) is 3.88. The molecule has 0 aliphatic carbocycles. The fraction of sp³-hybridized carbons (Fsp3) is 0.571. The van der Waals surface area contributed by atoms with Crippen molar-refractivity contribution in [3.05, 3.63) is 34.9 Å². The van der Waals surface area contributed by atoms with E-state index >= 15 is 0 Å². The monoisotopic (exact) mass is 276 g/mol. The van der Waals surface area contributed by atoms with Gasteiger partial charge in [-0.05, 0) is 44.2 Å². The number of hydrogen-bond acceptors (Lipinski definition) is 4. The first-order chi connectivity index (χ1) is 9.51. The van der Waals surface area contributed by atoms with Gasteiger partial charge in [-0.15, -0.1) is 0 Å². The van der Waals surface area contributed by atoms with Crippen LogP contribution >= 0.6 is 0 Å². The van der Waals surface area contributed by atoms with Gasteiger partial charge in [0.1, 0.15) is 0 Å². The van der Waals surface area contributed by atoms with Gasteiger partial charge in [0, 0.05) is 32.0 Å². The first kappa shape index (κ1) is 14.7. The van der Waals surface area contributed by atoms with Crippen molar-refractivity contribution in [1.82, 2.24) is 25.0 Å². The molecule has 6 nitrogen and oxygen atoms in total. The summed E-state index contributed by atoms with van der Waals surface area (Å²) >= 11 is 0. The molecule has 2 heterocycles. The Labute approximate surface area is 119 Å². The summed E-state index contributed by atoms with van der Waals surface area (Å²) < 4.78 is 3.76. The Balaban J connectivity index is 1.97. The van der Waals surface area contributed by atoms with Crippen LogP contribution in [0.4, 0.5) is 0 Å². The second-order valence-electron chi connectivity index (χ2n) is 5.40. The maximum absolute atomic E-state index is 5.67. The van der Waals surface area contributed by atoms with E-state index < -0.39 is 0 Å². The Morgan fingerprint density at radius 2 is 2.10 bits per heavy atom. The molecule has 0 aromatic carbocycles. The number of rotatable bonds is 6. The van der Waals surface area contributed by atoms with Crippen LogP contribution in [-0.4, -0.2) is 25.6 Å². The molecule has 6 heteroatoms. The summed E-state index contributed by atoms with van der Waals surface area (Å²) in [7, 11) is 3.91. The Kier molecular flexibility index (Phi) is 4.57. The molecule has 20 heavy (non-hydrogen) atoms. The smallest absolute Gasteiger partial charge is 0.0628 e. The molecule has 2 aromatic heterocycles. The third kappa shape index (κ3) is 3.26. The highest BCUT2D eigenvalue weighted by Crippen LogP contribution is 2.16. The van der Waals surface area contributed by atoms with Gasteiger partial charge in [0.2, 0.25) is 0 Å². The van der Waals surface area contributed by atoms with Crippen molar-refractivity contribution in [2.24, 2.45) is 19.9 Å². The average Bonchev–Trinajstić information content (AvgIpc) is 2.91. The van der Waals surface area contributed by atoms with E-state index in [2.05, 4.69) is 29.5 Å². The molecule has 0 aliphatic rings. The van der Waals surface area contributed by atoms with Gasteiger partial charge >= 0.3 is 0 Å². The predicted molar refractivity (Wildman–Crippen MR) is 79.0 cm³/mol. The molecule has 0 amide bonds. The van der Waals surface area contributed by atoms with Crippen LogP contribution in [0.25, 0.3) is 0 Å². The highest BCUT2D eigenvalue weighted by Gasteiger charge is 2.13. The Hall–Kier alpha value is -1.66. The number of aromatic nitrogens is 4. The van der Waals surface area contributed by atoms with Crippen molar-refractivity contribution < 1.29 is 0 Å². The van der Waals surface area contributed by atoms with E-state index in [-0.39, 0.29) is 6.04 Å². The Morgan fingerprint density at radius 1 is 1.35 bits per heavy atom. The van der Waals surface area contributed by atoms with Gasteiger partial charge < -0.3 is 0 Å². The van der Waals surface area contributed by atoms with Crippen LogP contribution in [0.3, 0.4) is 0 Å². The molecule has 2 rings (SSSR count). The normalized spacial score (nSPS) is 12.8. The molecule has 0 spiro atoms. The van der Waals surface area contributed by atoms with Crippen LogP contribution < -0.4 is 11.3 Å². The molecule has 0 radical (unpaired) electrons. The number of nitrogens with two attached hydrogens (primary N) is 1. The van der Waals surface area contributed by atoms with E-state index in [4.69, 9.17) is 5.84 Å². The number of nitrogens with one attached hydrogen (secondary N) is 1. The maximum Gasteiger partial charge on any atom is 0.0628 e. The van der Waals surface area contributed by atoms with Crippen LogP contribution in [0.2, 0.25) is 0 Å².